The summed E-state index contributed by atoms with van der Waals surface area (Å²) >= 11 is 3.10. The number of halogens is 2. The van der Waals surface area contributed by atoms with Gasteiger partial charge in [-0.15, -0.1) is 0 Å². The first-order valence-corrected chi connectivity index (χ1v) is 12.3. The molecule has 0 saturated carbocycles. The number of carbonyl (C=O) groups is 2. The summed E-state index contributed by atoms with van der Waals surface area (Å²) in [6.45, 7) is 1.34. The zero-order valence-corrected chi connectivity index (χ0v) is 20.3. The maximum Gasteiger partial charge on any atom is 0.344 e. The van der Waals surface area contributed by atoms with Crippen LogP contribution in [0.3, 0.4) is 0 Å². The fourth-order valence-electron chi connectivity index (χ4n) is 2.80. The molecule has 33 heavy (non-hydrogen) atoms. The van der Waals surface area contributed by atoms with Crippen molar-refractivity contribution in [2.45, 2.75) is 26.4 Å². The first-order valence-electron chi connectivity index (χ1n) is 10.2. The first-order chi connectivity index (χ1) is 15.9. The minimum Gasteiger partial charge on any atom is -0.482 e. The molecular formula is C25H23BrFO5S+. The molecule has 2 unspecified atom stereocenters. The van der Waals surface area contributed by atoms with Crippen LogP contribution < -0.4 is 4.74 Å². The van der Waals surface area contributed by atoms with Gasteiger partial charge in [-0.05, 0) is 67.6 Å². The van der Waals surface area contributed by atoms with Crippen LogP contribution in [0, 0.1) is 5.82 Å². The Balaban J connectivity index is 1.59. The minimum atomic E-state index is -0.558. The zero-order chi connectivity index (χ0) is 23.6. The van der Waals surface area contributed by atoms with Crippen LogP contribution >= 0.6 is 15.9 Å². The molecule has 172 valence electrons. The molecule has 0 aliphatic carbocycles. The van der Waals surface area contributed by atoms with Crippen LogP contribution in [0.25, 0.3) is 0 Å². The van der Waals surface area contributed by atoms with E-state index in [0.717, 1.165) is 14.7 Å². The lowest BCUT2D eigenvalue weighted by Crippen LogP contribution is -2.20. The van der Waals surface area contributed by atoms with E-state index in [2.05, 4.69) is 15.9 Å². The SMILES string of the molecule is CC(Br)C(=O)OCCOC(=O)COc1ccc([S+](c2ccccc2)c2ccc(F)cc2)cc1. The smallest absolute Gasteiger partial charge is 0.344 e. The van der Waals surface area contributed by atoms with Crippen LogP contribution in [0.5, 0.6) is 5.75 Å². The van der Waals surface area contributed by atoms with Gasteiger partial charge in [-0.25, -0.2) is 9.18 Å². The van der Waals surface area contributed by atoms with Gasteiger partial charge in [-0.3, -0.25) is 4.79 Å². The number of benzene rings is 3. The average Bonchev–Trinajstić information content (AvgIpc) is 2.83. The second kappa shape index (κ2) is 12.4. The molecule has 5 nitrogen and oxygen atoms in total. The molecule has 0 fully saturated rings. The molecule has 0 saturated heterocycles. The monoisotopic (exact) mass is 533 g/mol. The van der Waals surface area contributed by atoms with Crippen LogP contribution in [0.1, 0.15) is 6.92 Å². The first kappa shape index (κ1) is 24.8. The highest BCUT2D eigenvalue weighted by Crippen LogP contribution is 2.32. The van der Waals surface area contributed by atoms with E-state index in [0.29, 0.717) is 5.75 Å². The van der Waals surface area contributed by atoms with Crippen molar-refractivity contribution in [2.24, 2.45) is 0 Å². The molecule has 0 aliphatic heterocycles. The van der Waals surface area contributed by atoms with E-state index in [9.17, 15) is 14.0 Å². The van der Waals surface area contributed by atoms with Crippen molar-refractivity contribution in [1.82, 2.24) is 0 Å². The lowest BCUT2D eigenvalue weighted by atomic mass is 10.3. The van der Waals surface area contributed by atoms with Gasteiger partial charge in [0.2, 0.25) is 0 Å². The molecule has 3 aromatic rings. The van der Waals surface area contributed by atoms with E-state index in [-0.39, 0.29) is 25.6 Å². The van der Waals surface area contributed by atoms with E-state index in [1.165, 1.54) is 12.1 Å². The molecule has 8 heteroatoms. The number of alkyl halides is 1. The molecule has 0 aliphatic rings. The Morgan fingerprint density at radius 2 is 1.39 bits per heavy atom. The topological polar surface area (TPSA) is 61.8 Å². The standard InChI is InChI=1S/C25H23BrFO5S/c1-18(26)25(29)31-16-15-30-24(28)17-32-20-9-13-23(14-10-20)33(21-5-3-2-4-6-21)22-11-7-19(27)8-12-22/h2-14,18H,15-17H2,1H3/q+1. The molecule has 0 amide bonds. The number of hydrogen-bond acceptors (Lipinski definition) is 5. The molecule has 3 aromatic carbocycles. The third-order valence-electron chi connectivity index (χ3n) is 4.36. The third-order valence-corrected chi connectivity index (χ3v) is 6.96. The lowest BCUT2D eigenvalue weighted by molar-refractivity contribution is -0.153. The molecule has 0 aromatic heterocycles. The Morgan fingerprint density at radius 3 is 2.00 bits per heavy atom. The summed E-state index contributed by atoms with van der Waals surface area (Å²) in [6, 6.07) is 23.9. The summed E-state index contributed by atoms with van der Waals surface area (Å²) in [4.78, 5) is 25.9. The highest BCUT2D eigenvalue weighted by atomic mass is 79.9. The number of rotatable bonds is 10. The quantitative estimate of drug-likeness (QED) is 0.156. The largest absolute Gasteiger partial charge is 0.482 e. The Kier molecular flexibility index (Phi) is 9.33. The summed E-state index contributed by atoms with van der Waals surface area (Å²) in [6.07, 6.45) is 0. The number of carbonyl (C=O) groups excluding carboxylic acids is 2. The number of esters is 2. The van der Waals surface area contributed by atoms with E-state index < -0.39 is 27.7 Å². The number of hydrogen-bond donors (Lipinski definition) is 0. The Hall–Kier alpha value is -2.84. The van der Waals surface area contributed by atoms with E-state index in [1.54, 1.807) is 31.2 Å². The van der Waals surface area contributed by atoms with E-state index in [4.69, 9.17) is 14.2 Å². The van der Waals surface area contributed by atoms with Gasteiger partial charge in [0.05, 0.1) is 10.9 Å². The van der Waals surface area contributed by atoms with Crippen LogP contribution in [0.15, 0.2) is 93.5 Å². The summed E-state index contributed by atoms with van der Waals surface area (Å²) in [5.41, 5.74) is 0. The van der Waals surface area contributed by atoms with E-state index in [1.807, 2.05) is 42.5 Å². The molecule has 0 heterocycles. The van der Waals surface area contributed by atoms with Crippen LogP contribution in [0.4, 0.5) is 4.39 Å². The van der Waals surface area contributed by atoms with Crippen molar-refractivity contribution in [2.75, 3.05) is 19.8 Å². The Labute approximate surface area is 203 Å². The van der Waals surface area contributed by atoms with Gasteiger partial charge in [0.1, 0.15) is 29.6 Å². The molecule has 0 radical (unpaired) electrons. The highest BCUT2D eigenvalue weighted by molar-refractivity contribution is 9.10. The van der Waals surface area contributed by atoms with E-state index >= 15 is 0 Å². The van der Waals surface area contributed by atoms with Crippen molar-refractivity contribution in [1.29, 1.82) is 0 Å². The van der Waals surface area contributed by atoms with Gasteiger partial charge in [-0.2, -0.15) is 0 Å². The molecule has 2 atom stereocenters. The van der Waals surface area contributed by atoms with Crippen molar-refractivity contribution >= 4 is 38.8 Å². The predicted octanol–water partition coefficient (Wildman–Crippen LogP) is 5.17. The second-order valence-electron chi connectivity index (χ2n) is 6.84. The number of ether oxygens (including phenoxy) is 3. The fourth-order valence-corrected chi connectivity index (χ4v) is 5.00. The zero-order valence-electron chi connectivity index (χ0n) is 17.9. The predicted molar refractivity (Wildman–Crippen MR) is 127 cm³/mol. The lowest BCUT2D eigenvalue weighted by Gasteiger charge is -2.10. The van der Waals surface area contributed by atoms with Crippen LogP contribution in [-0.2, 0) is 30.0 Å². The van der Waals surface area contributed by atoms with Gasteiger partial charge in [0, 0.05) is 0 Å². The van der Waals surface area contributed by atoms with Crippen molar-refractivity contribution in [3.8, 4) is 5.75 Å². The molecular weight excluding hydrogens is 511 g/mol. The maximum absolute atomic E-state index is 13.4. The third kappa shape index (κ3) is 7.61. The highest BCUT2D eigenvalue weighted by Gasteiger charge is 2.28. The van der Waals surface area contributed by atoms with Gasteiger partial charge in [0.25, 0.3) is 0 Å². The van der Waals surface area contributed by atoms with Crippen molar-refractivity contribution < 1.29 is 28.2 Å². The molecule has 3 rings (SSSR count). The summed E-state index contributed by atoms with van der Waals surface area (Å²) in [5.74, 6) is -0.734. The summed E-state index contributed by atoms with van der Waals surface area (Å²) < 4.78 is 28.9. The Bertz CT molecular complexity index is 1040. The van der Waals surface area contributed by atoms with Crippen LogP contribution in [0.2, 0.25) is 0 Å². The maximum atomic E-state index is 13.4. The van der Waals surface area contributed by atoms with Gasteiger partial charge < -0.3 is 14.2 Å². The van der Waals surface area contributed by atoms with Crippen molar-refractivity contribution in [3.63, 3.8) is 0 Å². The summed E-state index contributed by atoms with van der Waals surface area (Å²) in [5, 5.41) is 0. The second-order valence-corrected chi connectivity index (χ2v) is 10.2. The fraction of sp³-hybridized carbons (Fsp3) is 0.200. The molecule has 0 spiro atoms. The van der Waals surface area contributed by atoms with Gasteiger partial charge in [-0.1, -0.05) is 34.1 Å². The van der Waals surface area contributed by atoms with Crippen molar-refractivity contribution in [3.05, 3.63) is 84.7 Å². The average molecular weight is 534 g/mol. The van der Waals surface area contributed by atoms with Gasteiger partial charge in [0.15, 0.2) is 21.3 Å². The molecule has 0 N–H and O–H groups in total. The van der Waals surface area contributed by atoms with Crippen LogP contribution in [-0.4, -0.2) is 36.6 Å². The normalized spacial score (nSPS) is 12.5. The van der Waals surface area contributed by atoms with Gasteiger partial charge >= 0.3 is 11.9 Å². The summed E-state index contributed by atoms with van der Waals surface area (Å²) in [7, 11) is -0.415. The Morgan fingerprint density at radius 1 is 0.848 bits per heavy atom. The molecule has 0 bridgehead atoms. The minimum absolute atomic E-state index is 0.0135.